The van der Waals surface area contributed by atoms with Crippen molar-refractivity contribution in [2.45, 2.75) is 6.18 Å². The molecule has 72 valence electrons. The third-order valence-corrected chi connectivity index (χ3v) is 1.53. The third-order valence-electron chi connectivity index (χ3n) is 1.53. The number of hydrogen-bond donors (Lipinski definition) is 0. The molecule has 4 nitrogen and oxygen atoms in total. The molecule has 14 heavy (non-hydrogen) atoms. The molecule has 0 fully saturated rings. The van der Waals surface area contributed by atoms with Crippen LogP contribution < -0.4 is 0 Å². The lowest BCUT2D eigenvalue weighted by Gasteiger charge is -2.00. The van der Waals surface area contributed by atoms with Crippen molar-refractivity contribution in [3.05, 3.63) is 17.0 Å². The maximum Gasteiger partial charge on any atom is 0.436 e. The van der Waals surface area contributed by atoms with Gasteiger partial charge in [0.2, 0.25) is 0 Å². The zero-order chi connectivity index (χ0) is 10.9. The Morgan fingerprint density at radius 3 is 2.21 bits per heavy atom. The second-order valence-electron chi connectivity index (χ2n) is 2.42. The molecule has 0 aliphatic heterocycles. The van der Waals surface area contributed by atoms with E-state index in [0.29, 0.717) is 0 Å². The highest BCUT2D eigenvalue weighted by atomic mass is 19.4. The predicted octanol–water partition coefficient (Wildman–Crippen LogP) is 1.18. The van der Waals surface area contributed by atoms with Crippen molar-refractivity contribution in [2.24, 2.45) is 7.05 Å². The molecule has 0 saturated heterocycles. The van der Waals surface area contributed by atoms with E-state index in [1.54, 1.807) is 0 Å². The molecule has 0 amide bonds. The first-order valence-electron chi connectivity index (χ1n) is 3.36. The molecular weight excluding hydrogens is 197 g/mol. The molecule has 1 aromatic rings. The second kappa shape index (κ2) is 3.04. The molecule has 1 aromatic heterocycles. The van der Waals surface area contributed by atoms with Crippen molar-refractivity contribution >= 4 is 0 Å². The first kappa shape index (κ1) is 10.1. The summed E-state index contributed by atoms with van der Waals surface area (Å²) in [6, 6.07) is 2.80. The van der Waals surface area contributed by atoms with Gasteiger partial charge in [-0.1, -0.05) is 0 Å². The van der Waals surface area contributed by atoms with Crippen LogP contribution in [-0.4, -0.2) is 9.78 Å². The molecule has 0 atom stereocenters. The van der Waals surface area contributed by atoms with Gasteiger partial charge in [-0.3, -0.25) is 4.68 Å². The summed E-state index contributed by atoms with van der Waals surface area (Å²) < 4.78 is 37.4. The lowest BCUT2D eigenvalue weighted by atomic mass is 10.2. The molecular formula is C7H3F3N4. The molecule has 0 radical (unpaired) electrons. The monoisotopic (exact) mass is 200 g/mol. The third kappa shape index (κ3) is 1.40. The average molecular weight is 200 g/mol. The summed E-state index contributed by atoms with van der Waals surface area (Å²) in [5.74, 6) is 0. The molecule has 0 aliphatic rings. The van der Waals surface area contributed by atoms with Crippen LogP contribution in [0.5, 0.6) is 0 Å². The quantitative estimate of drug-likeness (QED) is 0.631. The molecule has 0 bridgehead atoms. The smallest absolute Gasteiger partial charge is 0.256 e. The Kier molecular flexibility index (Phi) is 2.18. The number of nitrogens with zero attached hydrogens (tertiary/aromatic N) is 4. The highest BCUT2D eigenvalue weighted by Crippen LogP contribution is 2.31. The number of nitriles is 2. The molecule has 7 heteroatoms. The Balaban J connectivity index is 3.51. The zero-order valence-electron chi connectivity index (χ0n) is 6.92. The van der Waals surface area contributed by atoms with Gasteiger partial charge < -0.3 is 0 Å². The number of halogens is 3. The van der Waals surface area contributed by atoms with E-state index in [4.69, 9.17) is 10.5 Å². The fourth-order valence-corrected chi connectivity index (χ4v) is 0.957. The van der Waals surface area contributed by atoms with Gasteiger partial charge in [-0.05, 0) is 0 Å². The van der Waals surface area contributed by atoms with Crippen LogP contribution in [0.25, 0.3) is 0 Å². The van der Waals surface area contributed by atoms with Gasteiger partial charge in [0.15, 0.2) is 11.4 Å². The normalized spacial score (nSPS) is 10.7. The maximum atomic E-state index is 12.2. The minimum Gasteiger partial charge on any atom is -0.256 e. The first-order valence-corrected chi connectivity index (χ1v) is 3.36. The minimum absolute atomic E-state index is 0.389. The van der Waals surface area contributed by atoms with E-state index < -0.39 is 17.4 Å². The van der Waals surface area contributed by atoms with E-state index in [0.717, 1.165) is 4.68 Å². The Hall–Kier alpha value is -2.02. The fraction of sp³-hybridized carbons (Fsp3) is 0.286. The van der Waals surface area contributed by atoms with Gasteiger partial charge in [-0.2, -0.15) is 28.8 Å². The van der Waals surface area contributed by atoms with Crippen molar-refractivity contribution in [1.82, 2.24) is 9.78 Å². The first-order chi connectivity index (χ1) is 6.41. The lowest BCUT2D eigenvalue weighted by molar-refractivity contribution is -0.141. The van der Waals surface area contributed by atoms with Crippen LogP contribution in [0.1, 0.15) is 17.0 Å². The van der Waals surface area contributed by atoms with E-state index in [-0.39, 0.29) is 5.69 Å². The summed E-state index contributed by atoms with van der Waals surface area (Å²) in [6.07, 6.45) is -4.71. The predicted molar refractivity (Wildman–Crippen MR) is 37.6 cm³/mol. The van der Waals surface area contributed by atoms with Gasteiger partial charge in [0.25, 0.3) is 0 Å². The Morgan fingerprint density at radius 1 is 1.29 bits per heavy atom. The Bertz CT molecular complexity index is 443. The zero-order valence-corrected chi connectivity index (χ0v) is 6.92. The SMILES string of the molecule is Cn1nc(C(F)(F)F)c(C#N)c1C#N. The molecule has 0 spiro atoms. The van der Waals surface area contributed by atoms with Crippen LogP contribution in [-0.2, 0) is 13.2 Å². The molecule has 1 rings (SSSR count). The van der Waals surface area contributed by atoms with Crippen LogP contribution in [0.2, 0.25) is 0 Å². The largest absolute Gasteiger partial charge is 0.436 e. The van der Waals surface area contributed by atoms with Gasteiger partial charge in [0, 0.05) is 7.05 Å². The van der Waals surface area contributed by atoms with E-state index in [1.807, 2.05) is 0 Å². The summed E-state index contributed by atoms with van der Waals surface area (Å²) in [4.78, 5) is 0. The molecule has 0 aliphatic carbocycles. The van der Waals surface area contributed by atoms with Crippen molar-refractivity contribution in [2.75, 3.05) is 0 Å². The molecule has 0 saturated carbocycles. The fourth-order valence-electron chi connectivity index (χ4n) is 0.957. The average Bonchev–Trinajstić information content (AvgIpc) is 2.40. The van der Waals surface area contributed by atoms with Gasteiger partial charge in [0.05, 0.1) is 0 Å². The van der Waals surface area contributed by atoms with Gasteiger partial charge in [-0.15, -0.1) is 0 Å². The molecule has 0 N–H and O–H groups in total. The lowest BCUT2D eigenvalue weighted by Crippen LogP contribution is -2.08. The summed E-state index contributed by atoms with van der Waals surface area (Å²) in [5.41, 5.74) is -2.44. The van der Waals surface area contributed by atoms with Crippen molar-refractivity contribution in [3.63, 3.8) is 0 Å². The van der Waals surface area contributed by atoms with E-state index in [1.165, 1.54) is 19.2 Å². The number of aryl methyl sites for hydroxylation is 1. The van der Waals surface area contributed by atoms with Gasteiger partial charge in [-0.25, -0.2) is 0 Å². The number of hydrogen-bond acceptors (Lipinski definition) is 3. The van der Waals surface area contributed by atoms with E-state index >= 15 is 0 Å². The topological polar surface area (TPSA) is 65.4 Å². The van der Waals surface area contributed by atoms with Crippen LogP contribution in [0.3, 0.4) is 0 Å². The maximum absolute atomic E-state index is 12.2. The standard InChI is InChI=1S/C7H3F3N4/c1-14-5(3-12)4(2-11)6(13-14)7(8,9)10/h1H3. The van der Waals surface area contributed by atoms with Crippen molar-refractivity contribution in [1.29, 1.82) is 10.5 Å². The number of alkyl halides is 3. The molecule has 1 heterocycles. The van der Waals surface area contributed by atoms with Crippen molar-refractivity contribution in [3.8, 4) is 12.1 Å². The highest BCUT2D eigenvalue weighted by Gasteiger charge is 2.39. The number of rotatable bonds is 0. The summed E-state index contributed by atoms with van der Waals surface area (Å²) in [6.45, 7) is 0. The summed E-state index contributed by atoms with van der Waals surface area (Å²) in [5, 5.41) is 20.0. The van der Waals surface area contributed by atoms with Gasteiger partial charge >= 0.3 is 6.18 Å². The summed E-state index contributed by atoms with van der Waals surface area (Å²) in [7, 11) is 1.18. The molecule has 0 aromatic carbocycles. The highest BCUT2D eigenvalue weighted by molar-refractivity contribution is 5.45. The van der Waals surface area contributed by atoms with Crippen LogP contribution in [0.15, 0.2) is 0 Å². The van der Waals surface area contributed by atoms with Crippen LogP contribution >= 0.6 is 0 Å². The molecule has 0 unspecified atom stereocenters. The minimum atomic E-state index is -4.71. The van der Waals surface area contributed by atoms with Crippen LogP contribution in [0.4, 0.5) is 13.2 Å². The summed E-state index contributed by atoms with van der Waals surface area (Å²) >= 11 is 0. The Morgan fingerprint density at radius 2 is 1.86 bits per heavy atom. The second-order valence-corrected chi connectivity index (χ2v) is 2.42. The van der Waals surface area contributed by atoms with E-state index in [9.17, 15) is 13.2 Å². The van der Waals surface area contributed by atoms with Crippen LogP contribution in [0, 0.1) is 22.7 Å². The van der Waals surface area contributed by atoms with Crippen molar-refractivity contribution < 1.29 is 13.2 Å². The Labute approximate surface area is 76.8 Å². The van der Waals surface area contributed by atoms with Gasteiger partial charge in [0.1, 0.15) is 17.7 Å². The van der Waals surface area contributed by atoms with E-state index in [2.05, 4.69) is 5.10 Å². The number of aromatic nitrogens is 2.